The van der Waals surface area contributed by atoms with Crippen LogP contribution < -0.4 is 19.7 Å². The summed E-state index contributed by atoms with van der Waals surface area (Å²) < 4.78 is 10.8. The summed E-state index contributed by atoms with van der Waals surface area (Å²) in [6.07, 6.45) is 4.81. The first kappa shape index (κ1) is 18.3. The highest BCUT2D eigenvalue weighted by molar-refractivity contribution is 6.01. The molecule has 0 saturated carbocycles. The number of rotatable bonds is 7. The zero-order chi connectivity index (χ0) is 18.2. The van der Waals surface area contributed by atoms with Crippen LogP contribution in [0.2, 0.25) is 0 Å². The van der Waals surface area contributed by atoms with Gasteiger partial charge in [0.1, 0.15) is 5.82 Å². The van der Waals surface area contributed by atoms with Gasteiger partial charge in [-0.2, -0.15) is 0 Å². The number of benzene rings is 1. The number of carbonyl (C=O) groups excluding carboxylic acids is 1. The van der Waals surface area contributed by atoms with Crippen LogP contribution in [0.25, 0.3) is 6.08 Å². The first-order valence-corrected chi connectivity index (χ1v) is 7.96. The zero-order valence-corrected chi connectivity index (χ0v) is 14.9. The Labute approximate surface area is 148 Å². The summed E-state index contributed by atoms with van der Waals surface area (Å²) in [6, 6.07) is 9.17. The summed E-state index contributed by atoms with van der Waals surface area (Å²) >= 11 is 0. The number of amides is 1. The summed E-state index contributed by atoms with van der Waals surface area (Å²) in [7, 11) is 5.41. The Kier molecular flexibility index (Phi) is 6.39. The molecule has 0 aliphatic carbocycles. The number of hydrogen-bond acceptors (Lipinski definition) is 5. The Morgan fingerprint density at radius 3 is 2.64 bits per heavy atom. The maximum absolute atomic E-state index is 12.0. The third-order valence-electron chi connectivity index (χ3n) is 3.39. The molecule has 0 atom stereocenters. The highest BCUT2D eigenvalue weighted by Gasteiger charge is 2.05. The number of nitrogens with zero attached hydrogens (tertiary/aromatic N) is 2. The summed E-state index contributed by atoms with van der Waals surface area (Å²) in [5.74, 6) is 1.91. The standard InChI is InChI=1S/C19H23N3O3/c1-5-25-16-9-6-14(12-17(16)24-4)7-11-19(23)21-15-8-10-18(20-13-15)22(2)3/h6-13H,5H2,1-4H3,(H,21,23)/b11-7+. The van der Waals surface area contributed by atoms with Gasteiger partial charge in [-0.1, -0.05) is 6.07 Å². The Balaban J connectivity index is 2.02. The molecule has 0 saturated heterocycles. The van der Waals surface area contributed by atoms with Gasteiger partial charge in [0.15, 0.2) is 11.5 Å². The second-order valence-corrected chi connectivity index (χ2v) is 5.47. The molecule has 6 nitrogen and oxygen atoms in total. The number of carbonyl (C=O) groups is 1. The van der Waals surface area contributed by atoms with Gasteiger partial charge in [0.05, 0.1) is 25.6 Å². The molecule has 6 heteroatoms. The molecule has 1 aromatic carbocycles. The molecule has 1 amide bonds. The van der Waals surface area contributed by atoms with Crippen LogP contribution in [0.5, 0.6) is 11.5 Å². The van der Waals surface area contributed by atoms with E-state index in [0.29, 0.717) is 23.8 Å². The molecule has 0 bridgehead atoms. The minimum absolute atomic E-state index is 0.229. The molecule has 1 aromatic heterocycles. The highest BCUT2D eigenvalue weighted by Crippen LogP contribution is 2.28. The number of ether oxygens (including phenoxy) is 2. The van der Waals surface area contributed by atoms with E-state index in [1.807, 2.05) is 56.3 Å². The van der Waals surface area contributed by atoms with Crippen LogP contribution in [-0.2, 0) is 4.79 Å². The summed E-state index contributed by atoms with van der Waals surface area (Å²) in [4.78, 5) is 18.2. The van der Waals surface area contributed by atoms with Crippen LogP contribution in [0.3, 0.4) is 0 Å². The van der Waals surface area contributed by atoms with Crippen molar-refractivity contribution in [3.8, 4) is 11.5 Å². The molecule has 25 heavy (non-hydrogen) atoms. The van der Waals surface area contributed by atoms with Gasteiger partial charge in [0.25, 0.3) is 0 Å². The van der Waals surface area contributed by atoms with E-state index in [-0.39, 0.29) is 5.91 Å². The molecule has 0 spiro atoms. The van der Waals surface area contributed by atoms with Gasteiger partial charge in [-0.05, 0) is 42.8 Å². The molecule has 0 radical (unpaired) electrons. The van der Waals surface area contributed by atoms with Crippen LogP contribution in [0.4, 0.5) is 11.5 Å². The van der Waals surface area contributed by atoms with Gasteiger partial charge in [-0.3, -0.25) is 4.79 Å². The predicted molar refractivity (Wildman–Crippen MR) is 100 cm³/mol. The first-order valence-electron chi connectivity index (χ1n) is 7.96. The fourth-order valence-corrected chi connectivity index (χ4v) is 2.14. The Bertz CT molecular complexity index is 740. The van der Waals surface area contributed by atoms with Gasteiger partial charge in [-0.25, -0.2) is 4.98 Å². The van der Waals surface area contributed by atoms with Crippen molar-refractivity contribution in [3.63, 3.8) is 0 Å². The maximum atomic E-state index is 12.0. The molecule has 1 N–H and O–H groups in total. The number of hydrogen-bond donors (Lipinski definition) is 1. The van der Waals surface area contributed by atoms with E-state index in [2.05, 4.69) is 10.3 Å². The van der Waals surface area contributed by atoms with E-state index in [1.54, 1.807) is 19.4 Å². The van der Waals surface area contributed by atoms with Crippen molar-refractivity contribution in [2.45, 2.75) is 6.92 Å². The minimum atomic E-state index is -0.229. The topological polar surface area (TPSA) is 63.7 Å². The van der Waals surface area contributed by atoms with Crippen molar-refractivity contribution in [3.05, 3.63) is 48.2 Å². The van der Waals surface area contributed by atoms with E-state index in [9.17, 15) is 4.79 Å². The zero-order valence-electron chi connectivity index (χ0n) is 14.9. The summed E-state index contributed by atoms with van der Waals surface area (Å²) in [5.41, 5.74) is 1.49. The molecule has 0 aliphatic rings. The lowest BCUT2D eigenvalue weighted by Crippen LogP contribution is -2.12. The van der Waals surface area contributed by atoms with Crippen LogP contribution >= 0.6 is 0 Å². The molecular formula is C19H23N3O3. The number of aromatic nitrogens is 1. The molecule has 0 aliphatic heterocycles. The van der Waals surface area contributed by atoms with E-state index >= 15 is 0 Å². The van der Waals surface area contributed by atoms with Gasteiger partial charge >= 0.3 is 0 Å². The van der Waals surface area contributed by atoms with Crippen molar-refractivity contribution in [2.75, 3.05) is 38.0 Å². The van der Waals surface area contributed by atoms with E-state index < -0.39 is 0 Å². The largest absolute Gasteiger partial charge is 0.493 e. The SMILES string of the molecule is CCOc1ccc(/C=C/C(=O)Nc2ccc(N(C)C)nc2)cc1OC. The molecule has 2 aromatic rings. The Hall–Kier alpha value is -3.02. The second kappa shape index (κ2) is 8.73. The first-order chi connectivity index (χ1) is 12.0. The van der Waals surface area contributed by atoms with Crippen LogP contribution in [0.1, 0.15) is 12.5 Å². The summed E-state index contributed by atoms with van der Waals surface area (Å²) in [5, 5.41) is 2.78. The van der Waals surface area contributed by atoms with Crippen molar-refractivity contribution in [2.24, 2.45) is 0 Å². The number of anilines is 2. The number of methoxy groups -OCH3 is 1. The normalized spacial score (nSPS) is 10.6. The van der Waals surface area contributed by atoms with Crippen molar-refractivity contribution in [1.29, 1.82) is 0 Å². The van der Waals surface area contributed by atoms with Crippen molar-refractivity contribution in [1.82, 2.24) is 4.98 Å². The third-order valence-corrected chi connectivity index (χ3v) is 3.39. The second-order valence-electron chi connectivity index (χ2n) is 5.47. The average molecular weight is 341 g/mol. The van der Waals surface area contributed by atoms with Gasteiger partial charge in [0.2, 0.25) is 5.91 Å². The molecule has 2 rings (SSSR count). The monoisotopic (exact) mass is 341 g/mol. The van der Waals surface area contributed by atoms with E-state index in [4.69, 9.17) is 9.47 Å². The fraction of sp³-hybridized carbons (Fsp3) is 0.263. The molecular weight excluding hydrogens is 318 g/mol. The van der Waals surface area contributed by atoms with Crippen molar-refractivity contribution >= 4 is 23.5 Å². The molecule has 1 heterocycles. The quantitative estimate of drug-likeness (QED) is 0.784. The predicted octanol–water partition coefficient (Wildman–Crippen LogP) is 3.21. The lowest BCUT2D eigenvalue weighted by molar-refractivity contribution is -0.111. The molecule has 0 unspecified atom stereocenters. The lowest BCUT2D eigenvalue weighted by atomic mass is 10.2. The highest BCUT2D eigenvalue weighted by atomic mass is 16.5. The third kappa shape index (κ3) is 5.24. The number of pyridine rings is 1. The van der Waals surface area contributed by atoms with Crippen molar-refractivity contribution < 1.29 is 14.3 Å². The Morgan fingerprint density at radius 1 is 1.24 bits per heavy atom. The fourth-order valence-electron chi connectivity index (χ4n) is 2.14. The van der Waals surface area contributed by atoms with Crippen LogP contribution in [0.15, 0.2) is 42.6 Å². The minimum Gasteiger partial charge on any atom is -0.493 e. The lowest BCUT2D eigenvalue weighted by Gasteiger charge is -2.11. The smallest absolute Gasteiger partial charge is 0.248 e. The molecule has 132 valence electrons. The molecule has 0 fully saturated rings. The van der Waals surface area contributed by atoms with E-state index in [0.717, 1.165) is 11.4 Å². The Morgan fingerprint density at radius 2 is 2.04 bits per heavy atom. The number of nitrogens with one attached hydrogen (secondary N) is 1. The van der Waals surface area contributed by atoms with E-state index in [1.165, 1.54) is 6.08 Å². The average Bonchev–Trinajstić information content (AvgIpc) is 2.61. The summed E-state index contributed by atoms with van der Waals surface area (Å²) in [6.45, 7) is 2.48. The van der Waals surface area contributed by atoms with Crippen LogP contribution in [0, 0.1) is 0 Å². The van der Waals surface area contributed by atoms with Gasteiger partial charge in [-0.15, -0.1) is 0 Å². The van der Waals surface area contributed by atoms with Gasteiger partial charge < -0.3 is 19.7 Å². The van der Waals surface area contributed by atoms with Crippen LogP contribution in [-0.4, -0.2) is 38.7 Å². The van der Waals surface area contributed by atoms with Gasteiger partial charge in [0, 0.05) is 20.2 Å². The maximum Gasteiger partial charge on any atom is 0.248 e.